The maximum absolute atomic E-state index is 14.2. The zero-order chi connectivity index (χ0) is 53.5. The van der Waals surface area contributed by atoms with Crippen LogP contribution in [-0.4, -0.2) is 160 Å². The Bertz CT molecular complexity index is 2170. The molecule has 0 bridgehead atoms. The normalized spacial score (nSPS) is 16.9. The van der Waals surface area contributed by atoms with Gasteiger partial charge in [0.05, 0.1) is 18.6 Å². The summed E-state index contributed by atoms with van der Waals surface area (Å²) in [5.41, 5.74) is 18.3. The Kier molecular flexibility index (Phi) is 25.1. The maximum Gasteiger partial charge on any atom is 0.326 e. The molecule has 0 aromatic heterocycles. The number of nitrogens with two attached hydrogens (primary N) is 3. The number of carboxylic acids is 1. The quantitative estimate of drug-likeness (QED) is 0.0359. The van der Waals surface area contributed by atoms with Gasteiger partial charge in [0.1, 0.15) is 48.3 Å². The lowest BCUT2D eigenvalue weighted by atomic mass is 10.0. The molecule has 10 atom stereocenters. The molecule has 0 aliphatic carbocycles. The molecule has 2 aromatic carbocycles. The van der Waals surface area contributed by atoms with E-state index >= 15 is 0 Å². The zero-order valence-electron chi connectivity index (χ0n) is 41.1. The first-order chi connectivity index (χ1) is 34.2. The van der Waals surface area contributed by atoms with Crippen molar-refractivity contribution in [1.29, 1.82) is 0 Å². The first-order valence-corrected chi connectivity index (χ1v) is 25.2. The van der Waals surface area contributed by atoms with Gasteiger partial charge in [-0.15, -0.1) is 0 Å². The van der Waals surface area contributed by atoms with Gasteiger partial charge in [0.2, 0.25) is 53.2 Å². The molecule has 396 valence electrons. The van der Waals surface area contributed by atoms with Crippen LogP contribution in [0.1, 0.15) is 76.8 Å². The summed E-state index contributed by atoms with van der Waals surface area (Å²) >= 11 is 1.36. The SMILES string of the molecule is CSCC[C@H](NC(=O)[C@@H](NC(=O)[C@H](C)NC(=O)[C@H](Cc1ccccc1)NC(=O)[C@H](CC(N)=O)NC(=O)[C@H](Cc1ccccc1)NC(=O)[C@@H]1CCCN1C(=O)[C@H](C)NC(=O)[C@@H](N)CCCCN)[C@@H](C)O)C(=O)O. The molecule has 3 rings (SSSR count). The number of hydrogen-bond donors (Lipinski definition) is 12. The number of primary amides is 1. The molecule has 1 fully saturated rings. The van der Waals surface area contributed by atoms with Crippen molar-refractivity contribution < 1.29 is 58.2 Å². The first kappa shape index (κ1) is 59.7. The van der Waals surface area contributed by atoms with Gasteiger partial charge in [-0.05, 0) is 82.6 Å². The van der Waals surface area contributed by atoms with Crippen LogP contribution in [0.15, 0.2) is 60.7 Å². The van der Waals surface area contributed by atoms with Crippen molar-refractivity contribution in [1.82, 2.24) is 42.1 Å². The number of aliphatic hydroxyl groups is 1. The van der Waals surface area contributed by atoms with E-state index in [1.54, 1.807) is 66.9 Å². The van der Waals surface area contributed by atoms with Crippen LogP contribution in [-0.2, 0) is 60.8 Å². The van der Waals surface area contributed by atoms with E-state index < -0.39 is 126 Å². The molecule has 1 heterocycles. The highest BCUT2D eigenvalue weighted by Crippen LogP contribution is 2.20. The van der Waals surface area contributed by atoms with Gasteiger partial charge in [-0.3, -0.25) is 43.2 Å². The number of carbonyl (C=O) groups is 10. The van der Waals surface area contributed by atoms with Gasteiger partial charge in [-0.1, -0.05) is 67.1 Å². The van der Waals surface area contributed by atoms with Gasteiger partial charge in [0, 0.05) is 19.4 Å². The van der Waals surface area contributed by atoms with Crippen molar-refractivity contribution in [2.75, 3.05) is 25.1 Å². The van der Waals surface area contributed by atoms with Crippen LogP contribution < -0.4 is 54.4 Å². The number of rotatable bonds is 30. The maximum atomic E-state index is 14.2. The molecule has 1 saturated heterocycles. The molecule has 24 heteroatoms. The average molecular weight is 1030 g/mol. The zero-order valence-corrected chi connectivity index (χ0v) is 41.9. The Morgan fingerprint density at radius 2 is 1.19 bits per heavy atom. The minimum atomic E-state index is -1.71. The van der Waals surface area contributed by atoms with E-state index in [0.717, 1.165) is 0 Å². The Balaban J connectivity index is 1.83. The molecule has 1 aliphatic rings. The van der Waals surface area contributed by atoms with Crippen LogP contribution in [0.3, 0.4) is 0 Å². The molecular formula is C48H71N11O12S. The monoisotopic (exact) mass is 1030 g/mol. The van der Waals surface area contributed by atoms with E-state index in [2.05, 4.69) is 37.2 Å². The van der Waals surface area contributed by atoms with E-state index in [1.165, 1.54) is 37.4 Å². The van der Waals surface area contributed by atoms with Gasteiger partial charge in [0.15, 0.2) is 0 Å². The van der Waals surface area contributed by atoms with E-state index in [-0.39, 0.29) is 32.2 Å². The number of nitrogens with one attached hydrogen (secondary N) is 7. The van der Waals surface area contributed by atoms with Crippen LogP contribution in [0.5, 0.6) is 0 Å². The molecule has 0 spiro atoms. The third kappa shape index (κ3) is 19.5. The molecule has 0 unspecified atom stereocenters. The van der Waals surface area contributed by atoms with Crippen molar-refractivity contribution in [3.63, 3.8) is 0 Å². The van der Waals surface area contributed by atoms with Gasteiger partial charge < -0.3 is 69.5 Å². The molecule has 2 aromatic rings. The molecule has 0 saturated carbocycles. The van der Waals surface area contributed by atoms with E-state index in [4.69, 9.17) is 17.2 Å². The molecule has 0 radical (unpaired) electrons. The highest BCUT2D eigenvalue weighted by atomic mass is 32.2. The lowest BCUT2D eigenvalue weighted by Crippen LogP contribution is -2.61. The molecule has 23 nitrogen and oxygen atoms in total. The van der Waals surface area contributed by atoms with Crippen molar-refractivity contribution in [2.45, 2.75) is 139 Å². The number of amides is 9. The van der Waals surface area contributed by atoms with E-state index in [0.29, 0.717) is 49.1 Å². The van der Waals surface area contributed by atoms with Crippen LogP contribution in [0.2, 0.25) is 0 Å². The second-order valence-electron chi connectivity index (χ2n) is 17.7. The number of carboxylic acid groups (broad SMARTS) is 1. The first-order valence-electron chi connectivity index (χ1n) is 23.8. The van der Waals surface area contributed by atoms with Crippen molar-refractivity contribution in [3.8, 4) is 0 Å². The summed E-state index contributed by atoms with van der Waals surface area (Å²) in [6.07, 6.45) is 1.65. The number of nitrogens with zero attached hydrogens (tertiary/aromatic N) is 1. The van der Waals surface area contributed by atoms with Gasteiger partial charge in [-0.25, -0.2) is 4.79 Å². The summed E-state index contributed by atoms with van der Waals surface area (Å²) in [6.45, 7) is 4.58. The topological polar surface area (TPSA) is 377 Å². The number of carbonyl (C=O) groups excluding carboxylic acids is 9. The summed E-state index contributed by atoms with van der Waals surface area (Å²) in [7, 11) is 0. The predicted molar refractivity (Wildman–Crippen MR) is 267 cm³/mol. The number of unbranched alkanes of at least 4 members (excludes halogenated alkanes) is 1. The standard InChI is InChI=1S/C48H71N11O12S/c1-27(40(62)58-39(29(3)60)46(68)54-33(48(70)71)20-23-72-4)52-42(64)34(24-30-14-7-5-8-15-30)55-44(66)36(26-38(51)61)56-43(65)35(25-31-16-9-6-10-17-31)57-45(67)37-19-13-22-59(37)47(69)28(2)53-41(63)32(50)18-11-12-21-49/h5-10,14-17,27-29,32-37,39,60H,11-13,18-26,49-50H2,1-4H3,(H2,51,61)(H,52,64)(H,53,63)(H,54,68)(H,55,66)(H,56,65)(H,57,67)(H,58,62)(H,70,71)/t27-,28-,29+,32-,33-,34-,35-,36-,37-,39-/m0/s1. The minimum absolute atomic E-state index is 0.0678. The van der Waals surface area contributed by atoms with Crippen LogP contribution in [0.25, 0.3) is 0 Å². The minimum Gasteiger partial charge on any atom is -0.480 e. The number of benzene rings is 2. The van der Waals surface area contributed by atoms with Crippen molar-refractivity contribution in [3.05, 3.63) is 71.8 Å². The van der Waals surface area contributed by atoms with Crippen molar-refractivity contribution >= 4 is 70.9 Å². The average Bonchev–Trinajstić information content (AvgIpc) is 3.84. The number of aliphatic carboxylic acids is 1. The fraction of sp³-hybridized carbons (Fsp3) is 0.542. The fourth-order valence-corrected chi connectivity index (χ4v) is 8.20. The van der Waals surface area contributed by atoms with Crippen LogP contribution in [0, 0.1) is 0 Å². The molecule has 1 aliphatic heterocycles. The Labute approximate surface area is 423 Å². The number of aliphatic hydroxyl groups excluding tert-OH is 1. The number of thioether (sulfide) groups is 1. The predicted octanol–water partition coefficient (Wildman–Crippen LogP) is -2.55. The smallest absolute Gasteiger partial charge is 0.326 e. The van der Waals surface area contributed by atoms with Crippen LogP contribution in [0.4, 0.5) is 0 Å². The lowest BCUT2D eigenvalue weighted by Gasteiger charge is -2.29. The third-order valence-electron chi connectivity index (χ3n) is 11.8. The van der Waals surface area contributed by atoms with Gasteiger partial charge in [-0.2, -0.15) is 11.8 Å². The number of hydrogen-bond acceptors (Lipinski definition) is 14. The summed E-state index contributed by atoms with van der Waals surface area (Å²) < 4.78 is 0. The highest BCUT2D eigenvalue weighted by molar-refractivity contribution is 7.98. The Hall–Kier alpha value is -6.63. The molecular weight excluding hydrogens is 955 g/mol. The lowest BCUT2D eigenvalue weighted by molar-refractivity contribution is -0.143. The summed E-state index contributed by atoms with van der Waals surface area (Å²) in [4.78, 5) is 135. The fourth-order valence-electron chi connectivity index (χ4n) is 7.73. The third-order valence-corrected chi connectivity index (χ3v) is 12.4. The highest BCUT2D eigenvalue weighted by Gasteiger charge is 2.39. The van der Waals surface area contributed by atoms with Crippen LogP contribution >= 0.6 is 11.8 Å². The van der Waals surface area contributed by atoms with Gasteiger partial charge in [0.25, 0.3) is 0 Å². The van der Waals surface area contributed by atoms with E-state index in [9.17, 15) is 58.2 Å². The summed E-state index contributed by atoms with van der Waals surface area (Å²) in [5.74, 6) is -8.50. The Morgan fingerprint density at radius 1 is 0.667 bits per heavy atom. The van der Waals surface area contributed by atoms with Crippen molar-refractivity contribution in [2.24, 2.45) is 17.2 Å². The molecule has 15 N–H and O–H groups in total. The van der Waals surface area contributed by atoms with E-state index in [1.807, 2.05) is 0 Å². The molecule has 72 heavy (non-hydrogen) atoms. The second-order valence-corrected chi connectivity index (χ2v) is 18.7. The summed E-state index contributed by atoms with van der Waals surface area (Å²) in [5, 5.41) is 37.4. The Morgan fingerprint density at radius 3 is 1.74 bits per heavy atom. The number of likely N-dealkylation sites (tertiary alicyclic amines) is 1. The molecule has 9 amide bonds. The summed E-state index contributed by atoms with van der Waals surface area (Å²) in [6, 6.07) is 5.14. The second kappa shape index (κ2) is 30.3. The van der Waals surface area contributed by atoms with Gasteiger partial charge >= 0.3 is 5.97 Å². The largest absolute Gasteiger partial charge is 0.480 e.